The topological polar surface area (TPSA) is 50.7 Å². The lowest BCUT2D eigenvalue weighted by atomic mass is 10.2. The molecule has 2 heterocycles. The van der Waals surface area contributed by atoms with Crippen LogP contribution in [-0.4, -0.2) is 15.0 Å². The number of aryl methyl sites for hydroxylation is 1. The minimum atomic E-state index is 0.598. The van der Waals surface area contributed by atoms with Crippen molar-refractivity contribution >= 4 is 45.6 Å². The zero-order chi connectivity index (χ0) is 18.1. The molecule has 0 saturated heterocycles. The molecule has 26 heavy (non-hydrogen) atoms. The minimum absolute atomic E-state index is 0.598. The second kappa shape index (κ2) is 6.90. The van der Waals surface area contributed by atoms with Crippen LogP contribution in [0.25, 0.3) is 22.3 Å². The maximum Gasteiger partial charge on any atom is 0.163 e. The molecule has 4 aromatic rings. The molecule has 0 atom stereocenters. The predicted molar refractivity (Wildman–Crippen MR) is 107 cm³/mol. The van der Waals surface area contributed by atoms with E-state index in [1.54, 1.807) is 12.4 Å². The van der Waals surface area contributed by atoms with Crippen LogP contribution >= 0.6 is 23.2 Å². The van der Waals surface area contributed by atoms with Crippen molar-refractivity contribution in [1.82, 2.24) is 15.0 Å². The summed E-state index contributed by atoms with van der Waals surface area (Å²) in [7, 11) is 0. The van der Waals surface area contributed by atoms with Gasteiger partial charge in [0.25, 0.3) is 0 Å². The second-order valence-electron chi connectivity index (χ2n) is 5.89. The Morgan fingerprint density at radius 2 is 1.85 bits per heavy atom. The standard InChI is InChI=1S/C20H14Cl2N4/c1-12-9-15(5-6-17(12)22)24-20-16-10-14(21)4-7-18(16)25-19(26-20)13-3-2-8-23-11-13/h2-11H,1H3,(H,24,25,26). The SMILES string of the molecule is Cc1cc(Nc2nc(-c3cccnc3)nc3ccc(Cl)cc23)ccc1Cl. The monoisotopic (exact) mass is 380 g/mol. The Morgan fingerprint density at radius 1 is 0.962 bits per heavy atom. The summed E-state index contributed by atoms with van der Waals surface area (Å²) in [6.07, 6.45) is 3.47. The number of rotatable bonds is 3. The fraction of sp³-hybridized carbons (Fsp3) is 0.0500. The maximum atomic E-state index is 6.19. The van der Waals surface area contributed by atoms with Gasteiger partial charge in [-0.25, -0.2) is 9.97 Å². The van der Waals surface area contributed by atoms with E-state index in [0.717, 1.165) is 32.7 Å². The molecule has 0 amide bonds. The van der Waals surface area contributed by atoms with Crippen molar-refractivity contribution in [1.29, 1.82) is 0 Å². The van der Waals surface area contributed by atoms with Crippen molar-refractivity contribution < 1.29 is 0 Å². The number of nitrogens with zero attached hydrogens (tertiary/aromatic N) is 3. The highest BCUT2D eigenvalue weighted by Gasteiger charge is 2.11. The lowest BCUT2D eigenvalue weighted by Gasteiger charge is -2.12. The molecule has 1 N–H and O–H groups in total. The fourth-order valence-corrected chi connectivity index (χ4v) is 2.97. The first-order chi connectivity index (χ1) is 12.6. The van der Waals surface area contributed by atoms with Gasteiger partial charge in [0, 0.05) is 39.1 Å². The number of aromatic nitrogens is 3. The fourth-order valence-electron chi connectivity index (χ4n) is 2.68. The van der Waals surface area contributed by atoms with Gasteiger partial charge in [0.2, 0.25) is 0 Å². The van der Waals surface area contributed by atoms with Crippen LogP contribution in [0, 0.1) is 6.92 Å². The first-order valence-corrected chi connectivity index (χ1v) is 8.76. The molecule has 0 radical (unpaired) electrons. The zero-order valence-electron chi connectivity index (χ0n) is 13.9. The highest BCUT2D eigenvalue weighted by Crippen LogP contribution is 2.30. The van der Waals surface area contributed by atoms with E-state index >= 15 is 0 Å². The predicted octanol–water partition coefficient (Wildman–Crippen LogP) is 6.05. The molecule has 0 aliphatic rings. The second-order valence-corrected chi connectivity index (χ2v) is 6.73. The molecule has 0 bridgehead atoms. The van der Waals surface area contributed by atoms with Gasteiger partial charge in [0.15, 0.2) is 5.82 Å². The highest BCUT2D eigenvalue weighted by molar-refractivity contribution is 6.31. The van der Waals surface area contributed by atoms with Crippen LogP contribution in [0.1, 0.15) is 5.56 Å². The normalized spacial score (nSPS) is 10.9. The summed E-state index contributed by atoms with van der Waals surface area (Å²) in [5, 5.41) is 5.56. The van der Waals surface area contributed by atoms with E-state index in [1.807, 2.05) is 55.5 Å². The van der Waals surface area contributed by atoms with E-state index < -0.39 is 0 Å². The number of hydrogen-bond donors (Lipinski definition) is 1. The third kappa shape index (κ3) is 3.34. The third-order valence-electron chi connectivity index (χ3n) is 4.00. The zero-order valence-corrected chi connectivity index (χ0v) is 15.4. The first kappa shape index (κ1) is 16.8. The van der Waals surface area contributed by atoms with E-state index in [1.165, 1.54) is 0 Å². The largest absolute Gasteiger partial charge is 0.340 e. The van der Waals surface area contributed by atoms with E-state index in [9.17, 15) is 0 Å². The summed E-state index contributed by atoms with van der Waals surface area (Å²) in [6, 6.07) is 15.1. The highest BCUT2D eigenvalue weighted by atomic mass is 35.5. The lowest BCUT2D eigenvalue weighted by Crippen LogP contribution is -2.00. The van der Waals surface area contributed by atoms with Gasteiger partial charge in [0.1, 0.15) is 5.82 Å². The van der Waals surface area contributed by atoms with Crippen LogP contribution < -0.4 is 5.32 Å². The van der Waals surface area contributed by atoms with Gasteiger partial charge >= 0.3 is 0 Å². The molecule has 4 nitrogen and oxygen atoms in total. The summed E-state index contributed by atoms with van der Waals surface area (Å²) in [5.41, 5.74) is 3.53. The third-order valence-corrected chi connectivity index (χ3v) is 4.66. The lowest BCUT2D eigenvalue weighted by molar-refractivity contribution is 1.20. The van der Waals surface area contributed by atoms with Crippen molar-refractivity contribution in [3.63, 3.8) is 0 Å². The van der Waals surface area contributed by atoms with E-state index in [4.69, 9.17) is 28.2 Å². The van der Waals surface area contributed by atoms with Crippen molar-refractivity contribution in [2.75, 3.05) is 5.32 Å². The molecule has 0 unspecified atom stereocenters. The number of pyridine rings is 1. The molecular weight excluding hydrogens is 367 g/mol. The van der Waals surface area contributed by atoms with Crippen molar-refractivity contribution in [2.24, 2.45) is 0 Å². The van der Waals surface area contributed by atoms with E-state index in [-0.39, 0.29) is 0 Å². The Labute approximate surface area is 160 Å². The molecule has 4 rings (SSSR count). The van der Waals surface area contributed by atoms with Crippen LogP contribution in [0.5, 0.6) is 0 Å². The van der Waals surface area contributed by atoms with Crippen molar-refractivity contribution in [3.8, 4) is 11.4 Å². The Balaban J connectivity index is 1.87. The Bertz CT molecular complexity index is 1100. The maximum absolute atomic E-state index is 6.19. The number of fused-ring (bicyclic) bond motifs is 1. The van der Waals surface area contributed by atoms with Crippen LogP contribution in [0.3, 0.4) is 0 Å². The number of hydrogen-bond acceptors (Lipinski definition) is 4. The average Bonchev–Trinajstić information content (AvgIpc) is 2.65. The summed E-state index contributed by atoms with van der Waals surface area (Å²) >= 11 is 12.3. The van der Waals surface area contributed by atoms with Gasteiger partial charge in [0.05, 0.1) is 5.52 Å². The smallest absolute Gasteiger partial charge is 0.163 e. The van der Waals surface area contributed by atoms with Gasteiger partial charge in [-0.2, -0.15) is 0 Å². The Hall–Kier alpha value is -2.69. The van der Waals surface area contributed by atoms with Crippen LogP contribution in [-0.2, 0) is 0 Å². The van der Waals surface area contributed by atoms with E-state index in [0.29, 0.717) is 16.7 Å². The summed E-state index contributed by atoms with van der Waals surface area (Å²) in [5.74, 6) is 1.28. The summed E-state index contributed by atoms with van der Waals surface area (Å²) < 4.78 is 0. The molecular formula is C20H14Cl2N4. The van der Waals surface area contributed by atoms with Gasteiger partial charge < -0.3 is 5.32 Å². The van der Waals surface area contributed by atoms with Gasteiger partial charge in [-0.05, 0) is 61.0 Å². The summed E-state index contributed by atoms with van der Waals surface area (Å²) in [6.45, 7) is 1.96. The Morgan fingerprint density at radius 3 is 2.62 bits per heavy atom. The van der Waals surface area contributed by atoms with Crippen molar-refractivity contribution in [2.45, 2.75) is 6.92 Å². The Kier molecular flexibility index (Phi) is 4.45. The number of benzene rings is 2. The van der Waals surface area contributed by atoms with Gasteiger partial charge in [-0.3, -0.25) is 4.98 Å². The summed E-state index contributed by atoms with van der Waals surface area (Å²) in [4.78, 5) is 13.5. The minimum Gasteiger partial charge on any atom is -0.340 e. The van der Waals surface area contributed by atoms with Gasteiger partial charge in [-0.15, -0.1) is 0 Å². The number of nitrogens with one attached hydrogen (secondary N) is 1. The molecule has 0 aliphatic carbocycles. The van der Waals surface area contributed by atoms with Gasteiger partial charge in [-0.1, -0.05) is 23.2 Å². The molecule has 0 spiro atoms. The molecule has 0 saturated carbocycles. The first-order valence-electron chi connectivity index (χ1n) is 8.01. The number of anilines is 2. The molecule has 2 aromatic heterocycles. The molecule has 0 fully saturated rings. The molecule has 128 valence electrons. The quantitative estimate of drug-likeness (QED) is 0.469. The average molecular weight is 381 g/mol. The van der Waals surface area contributed by atoms with Crippen LogP contribution in [0.15, 0.2) is 60.9 Å². The molecule has 2 aromatic carbocycles. The number of halogens is 2. The molecule has 0 aliphatic heterocycles. The molecule has 6 heteroatoms. The van der Waals surface area contributed by atoms with Crippen LogP contribution in [0.4, 0.5) is 11.5 Å². The van der Waals surface area contributed by atoms with Crippen LogP contribution in [0.2, 0.25) is 10.0 Å². The van der Waals surface area contributed by atoms with E-state index in [2.05, 4.69) is 15.3 Å². The van der Waals surface area contributed by atoms with Crippen molar-refractivity contribution in [3.05, 3.63) is 76.5 Å².